The van der Waals surface area contributed by atoms with Crippen LogP contribution in [-0.4, -0.2) is 31.7 Å². The van der Waals surface area contributed by atoms with Crippen molar-refractivity contribution < 1.29 is 10.2 Å². The number of aromatic hydroxyl groups is 2. The van der Waals surface area contributed by atoms with Crippen molar-refractivity contribution in [1.29, 1.82) is 0 Å². The Morgan fingerprint density at radius 3 is 2.28 bits per heavy atom. The minimum absolute atomic E-state index is 0.0930. The highest BCUT2D eigenvalue weighted by molar-refractivity contribution is 5.64. The molecule has 0 saturated heterocycles. The lowest BCUT2D eigenvalue weighted by molar-refractivity contribution is 0.475. The molecule has 0 aliphatic carbocycles. The second-order valence-electron chi connectivity index (χ2n) is 5.15. The molecule has 0 aliphatic rings. The van der Waals surface area contributed by atoms with Gasteiger partial charge in [0.25, 0.3) is 0 Å². The predicted octanol–water partition coefficient (Wildman–Crippen LogP) is 3.20. The standard InChI is InChI=1S/C17H18N6O2/c1-2-18-15-21-16(19-11-6-5-7-12(24)10-11)23-17(22-15)20-13-8-3-4-9-14(13)25/h3-10,24-25H,2H2,1H3,(H3,18,19,20,21,22,23). The first-order valence-electron chi connectivity index (χ1n) is 7.75. The highest BCUT2D eigenvalue weighted by Gasteiger charge is 2.09. The topological polar surface area (TPSA) is 115 Å². The molecule has 8 nitrogen and oxygen atoms in total. The number of para-hydroxylation sites is 2. The van der Waals surface area contributed by atoms with Crippen LogP contribution in [0.1, 0.15) is 6.92 Å². The number of hydrogen-bond acceptors (Lipinski definition) is 8. The van der Waals surface area contributed by atoms with Gasteiger partial charge in [0, 0.05) is 18.3 Å². The first-order chi connectivity index (χ1) is 12.1. The molecule has 128 valence electrons. The van der Waals surface area contributed by atoms with E-state index in [4.69, 9.17) is 0 Å². The largest absolute Gasteiger partial charge is 0.508 e. The fourth-order valence-corrected chi connectivity index (χ4v) is 2.14. The van der Waals surface area contributed by atoms with Gasteiger partial charge >= 0.3 is 0 Å². The molecule has 0 amide bonds. The monoisotopic (exact) mass is 338 g/mol. The molecule has 0 aliphatic heterocycles. The average Bonchev–Trinajstić information content (AvgIpc) is 2.57. The Bertz CT molecular complexity index is 871. The molecule has 1 heterocycles. The Morgan fingerprint density at radius 1 is 0.840 bits per heavy atom. The molecule has 5 N–H and O–H groups in total. The maximum atomic E-state index is 9.89. The fraction of sp³-hybridized carbons (Fsp3) is 0.118. The van der Waals surface area contributed by atoms with Gasteiger partial charge in [-0.3, -0.25) is 0 Å². The van der Waals surface area contributed by atoms with Gasteiger partial charge in [-0.15, -0.1) is 0 Å². The van der Waals surface area contributed by atoms with Crippen LogP contribution in [-0.2, 0) is 0 Å². The third-order valence-electron chi connectivity index (χ3n) is 3.22. The third-order valence-corrected chi connectivity index (χ3v) is 3.22. The van der Waals surface area contributed by atoms with Gasteiger partial charge in [0.15, 0.2) is 0 Å². The SMILES string of the molecule is CCNc1nc(Nc2cccc(O)c2)nc(Nc2ccccc2O)n1. The number of rotatable bonds is 6. The van der Waals surface area contributed by atoms with Crippen molar-refractivity contribution in [2.24, 2.45) is 0 Å². The lowest BCUT2D eigenvalue weighted by Gasteiger charge is -2.11. The average molecular weight is 338 g/mol. The highest BCUT2D eigenvalue weighted by atomic mass is 16.3. The lowest BCUT2D eigenvalue weighted by atomic mass is 10.3. The molecular formula is C17H18N6O2. The predicted molar refractivity (Wildman–Crippen MR) is 96.8 cm³/mol. The summed E-state index contributed by atoms with van der Waals surface area (Å²) < 4.78 is 0. The number of phenolic OH excluding ortho intramolecular Hbond substituents is 2. The normalized spacial score (nSPS) is 10.3. The summed E-state index contributed by atoms with van der Waals surface area (Å²) in [4.78, 5) is 12.9. The van der Waals surface area contributed by atoms with Gasteiger partial charge in [0.1, 0.15) is 11.5 Å². The van der Waals surface area contributed by atoms with Gasteiger partial charge < -0.3 is 26.2 Å². The van der Waals surface area contributed by atoms with E-state index in [2.05, 4.69) is 30.9 Å². The van der Waals surface area contributed by atoms with Gasteiger partial charge in [-0.1, -0.05) is 18.2 Å². The number of nitrogens with zero attached hydrogens (tertiary/aromatic N) is 3. The second-order valence-corrected chi connectivity index (χ2v) is 5.15. The van der Waals surface area contributed by atoms with Crippen molar-refractivity contribution in [1.82, 2.24) is 15.0 Å². The first-order valence-corrected chi connectivity index (χ1v) is 7.75. The molecule has 1 aromatic heterocycles. The molecule has 0 bridgehead atoms. The van der Waals surface area contributed by atoms with Crippen molar-refractivity contribution in [3.05, 3.63) is 48.5 Å². The van der Waals surface area contributed by atoms with Crippen molar-refractivity contribution in [3.8, 4) is 11.5 Å². The summed E-state index contributed by atoms with van der Waals surface area (Å²) in [6.07, 6.45) is 0. The van der Waals surface area contributed by atoms with Gasteiger partial charge in [0.05, 0.1) is 5.69 Å². The molecule has 25 heavy (non-hydrogen) atoms. The second kappa shape index (κ2) is 7.35. The summed E-state index contributed by atoms with van der Waals surface area (Å²) in [5.74, 6) is 1.19. The van der Waals surface area contributed by atoms with Crippen molar-refractivity contribution in [3.63, 3.8) is 0 Å². The van der Waals surface area contributed by atoms with Crippen LogP contribution in [0.2, 0.25) is 0 Å². The number of hydrogen-bond donors (Lipinski definition) is 5. The zero-order valence-electron chi connectivity index (χ0n) is 13.6. The summed E-state index contributed by atoms with van der Waals surface area (Å²) in [5, 5.41) is 28.5. The smallest absolute Gasteiger partial charge is 0.233 e. The molecule has 0 atom stereocenters. The van der Waals surface area contributed by atoms with E-state index in [1.165, 1.54) is 0 Å². The van der Waals surface area contributed by atoms with Crippen LogP contribution >= 0.6 is 0 Å². The lowest BCUT2D eigenvalue weighted by Crippen LogP contribution is -2.09. The molecule has 0 unspecified atom stereocenters. The first kappa shape index (κ1) is 16.3. The van der Waals surface area contributed by atoms with Crippen molar-refractivity contribution in [2.75, 3.05) is 22.5 Å². The quantitative estimate of drug-likeness (QED) is 0.435. The van der Waals surface area contributed by atoms with E-state index in [1.807, 2.05) is 6.92 Å². The van der Waals surface area contributed by atoms with E-state index >= 15 is 0 Å². The Labute approximate surface area is 144 Å². The van der Waals surface area contributed by atoms with Crippen LogP contribution in [0.15, 0.2) is 48.5 Å². The number of aromatic nitrogens is 3. The summed E-state index contributed by atoms with van der Waals surface area (Å²) in [7, 11) is 0. The van der Waals surface area contributed by atoms with Crippen LogP contribution in [0.25, 0.3) is 0 Å². The minimum atomic E-state index is 0.0930. The maximum absolute atomic E-state index is 9.89. The summed E-state index contributed by atoms with van der Waals surface area (Å²) in [5.41, 5.74) is 1.13. The molecule has 2 aromatic carbocycles. The molecule has 0 spiro atoms. The molecule has 0 saturated carbocycles. The summed E-state index contributed by atoms with van der Waals surface area (Å²) >= 11 is 0. The number of anilines is 5. The maximum Gasteiger partial charge on any atom is 0.233 e. The van der Waals surface area contributed by atoms with Crippen molar-refractivity contribution >= 4 is 29.2 Å². The van der Waals surface area contributed by atoms with E-state index in [0.29, 0.717) is 29.8 Å². The van der Waals surface area contributed by atoms with Crippen molar-refractivity contribution in [2.45, 2.75) is 6.92 Å². The van der Waals surface area contributed by atoms with Gasteiger partial charge in [0.2, 0.25) is 17.8 Å². The molecule has 0 radical (unpaired) electrons. The van der Waals surface area contributed by atoms with E-state index in [-0.39, 0.29) is 17.4 Å². The zero-order valence-corrected chi connectivity index (χ0v) is 13.6. The molecule has 8 heteroatoms. The van der Waals surface area contributed by atoms with E-state index in [1.54, 1.807) is 48.5 Å². The van der Waals surface area contributed by atoms with Crippen LogP contribution in [0.4, 0.5) is 29.2 Å². The Kier molecular flexibility index (Phi) is 4.79. The Balaban J connectivity index is 1.90. The summed E-state index contributed by atoms with van der Waals surface area (Å²) in [6.45, 7) is 2.58. The zero-order chi connectivity index (χ0) is 17.6. The number of nitrogens with one attached hydrogen (secondary N) is 3. The highest BCUT2D eigenvalue weighted by Crippen LogP contribution is 2.25. The van der Waals surface area contributed by atoms with Crippen LogP contribution in [0.5, 0.6) is 11.5 Å². The van der Waals surface area contributed by atoms with Gasteiger partial charge in [-0.05, 0) is 31.2 Å². The van der Waals surface area contributed by atoms with Gasteiger partial charge in [-0.25, -0.2) is 0 Å². The molecule has 3 rings (SSSR count). The van der Waals surface area contributed by atoms with Gasteiger partial charge in [-0.2, -0.15) is 15.0 Å². The Morgan fingerprint density at radius 2 is 1.56 bits per heavy atom. The summed E-state index contributed by atoms with van der Waals surface area (Å²) in [6, 6.07) is 13.4. The van der Waals surface area contributed by atoms with E-state index in [9.17, 15) is 10.2 Å². The Hall–Kier alpha value is -3.55. The van der Waals surface area contributed by atoms with E-state index < -0.39 is 0 Å². The van der Waals surface area contributed by atoms with Crippen LogP contribution in [0.3, 0.4) is 0 Å². The fourth-order valence-electron chi connectivity index (χ4n) is 2.14. The van der Waals surface area contributed by atoms with Crippen LogP contribution in [0, 0.1) is 0 Å². The third kappa shape index (κ3) is 4.25. The van der Waals surface area contributed by atoms with Crippen LogP contribution < -0.4 is 16.0 Å². The number of benzene rings is 2. The molecule has 0 fully saturated rings. The van der Waals surface area contributed by atoms with E-state index in [0.717, 1.165) is 0 Å². The molecule has 3 aromatic rings. The number of phenols is 2. The minimum Gasteiger partial charge on any atom is -0.508 e. The molecular weight excluding hydrogens is 320 g/mol.